The molecule has 25 nitrogen and oxygen atoms in total. The van der Waals surface area contributed by atoms with Crippen LogP contribution in [0, 0.1) is 51.8 Å². The van der Waals surface area contributed by atoms with Crippen molar-refractivity contribution < 1.29 is 85.6 Å². The third kappa shape index (κ3) is 14.6. The number of aliphatic hydroxyl groups excluding tert-OH is 3. The lowest BCUT2D eigenvalue weighted by atomic mass is 9.46. The highest BCUT2D eigenvalue weighted by Crippen LogP contribution is 2.69. The summed E-state index contributed by atoms with van der Waals surface area (Å²) in [5.41, 5.74) is 5.63. The van der Waals surface area contributed by atoms with Crippen molar-refractivity contribution in [3.05, 3.63) is 24.3 Å². The Balaban J connectivity index is 0.868. The molecule has 3 saturated carbocycles. The van der Waals surface area contributed by atoms with Crippen LogP contribution < -0.4 is 16.4 Å². The third-order valence-corrected chi connectivity index (χ3v) is 24.0. The molecule has 1 saturated heterocycles. The van der Waals surface area contributed by atoms with Crippen LogP contribution in [0.3, 0.4) is 0 Å². The van der Waals surface area contributed by atoms with Crippen molar-refractivity contribution in [2.45, 2.75) is 168 Å². The van der Waals surface area contributed by atoms with Crippen LogP contribution >= 0.6 is 34.4 Å². The number of imidazole rings is 1. The maximum atomic E-state index is 13.7. The molecule has 4 aliphatic carbocycles. The Labute approximate surface area is 464 Å². The van der Waals surface area contributed by atoms with Crippen LogP contribution in [0.2, 0.25) is 0 Å². The van der Waals surface area contributed by atoms with Crippen LogP contribution in [-0.2, 0) is 50.7 Å². The van der Waals surface area contributed by atoms with Crippen molar-refractivity contribution in [3.63, 3.8) is 0 Å². The van der Waals surface area contributed by atoms with E-state index in [4.69, 9.17) is 24.0 Å². The molecule has 5 unspecified atom stereocenters. The normalized spacial score (nSPS) is 32.9. The number of carbonyl (C=O) groups excluding carboxylic acids is 3. The van der Waals surface area contributed by atoms with Crippen LogP contribution in [0.4, 0.5) is 5.82 Å². The second kappa shape index (κ2) is 25.2. The lowest BCUT2D eigenvalue weighted by Gasteiger charge is -2.62. The number of phosphoric ester groups is 3. The van der Waals surface area contributed by atoms with E-state index in [1.165, 1.54) is 57.9 Å². The van der Waals surface area contributed by atoms with Gasteiger partial charge in [-0.1, -0.05) is 79.4 Å². The van der Waals surface area contributed by atoms with Crippen LogP contribution in [0.1, 0.15) is 132 Å². The molecule has 29 heteroatoms. The number of hydrogen-bond acceptors (Lipinski definition) is 18. The predicted molar refractivity (Wildman–Crippen MR) is 292 cm³/mol. The molecule has 3 heterocycles. The minimum atomic E-state index is -5.61. The lowest BCUT2D eigenvalue weighted by Crippen LogP contribution is -2.56. The van der Waals surface area contributed by atoms with Gasteiger partial charge in [-0.2, -0.15) is 15.2 Å². The van der Waals surface area contributed by atoms with Crippen LogP contribution in [0.25, 0.3) is 11.2 Å². The lowest BCUT2D eigenvalue weighted by molar-refractivity contribution is -0.137. The second-order valence-electron chi connectivity index (χ2n) is 24.0. The van der Waals surface area contributed by atoms with Gasteiger partial charge in [0.1, 0.15) is 36.3 Å². The summed E-state index contributed by atoms with van der Waals surface area (Å²) in [6.45, 7) is 14.2. The number of fused-ring (bicyclic) bond motifs is 6. The Morgan fingerprint density at radius 1 is 0.975 bits per heavy atom. The van der Waals surface area contributed by atoms with Gasteiger partial charge < -0.3 is 56.0 Å². The maximum absolute atomic E-state index is 13.7. The zero-order chi connectivity index (χ0) is 58.2. The SMILES string of the molecule is CC(=O)[SH](CCNC(=O)CCNC(=O)C(O)C(C)(C)COP(=O)(O)OP(=O)(O)OC[C@H]1O[C@@H](n2cnc3c(N)ncnc32)[C@H](O)[C@@H]1OP(=O)(O)O)C1C[C@H](O)CC2=CC[C@H]3[C@@H]4CC[C@H]([C@H](C)CCCC(C)C)[C@@]4(C)CC[C@@H]3[C@]21C. The average Bonchev–Trinajstić information content (AvgIpc) is 4.21. The number of nitrogens with two attached hydrogens (primary N) is 1. The van der Waals surface area contributed by atoms with Gasteiger partial charge in [0.05, 0.1) is 25.6 Å². The van der Waals surface area contributed by atoms with E-state index in [2.05, 4.69) is 70.6 Å². The summed E-state index contributed by atoms with van der Waals surface area (Å²) in [5, 5.41) is 38.6. The van der Waals surface area contributed by atoms with E-state index in [1.54, 1.807) is 6.92 Å². The molecule has 2 amide bonds. The zero-order valence-electron chi connectivity index (χ0n) is 46.3. The maximum Gasteiger partial charge on any atom is 0.481 e. The van der Waals surface area contributed by atoms with Gasteiger partial charge in [0, 0.05) is 42.5 Å². The topological polar surface area (TPSA) is 384 Å². The number of nitrogens with zero attached hydrogens (tertiary/aromatic N) is 4. The fraction of sp³-hybridized carbons (Fsp3) is 0.800. The minimum absolute atomic E-state index is 0.0309. The smallest absolute Gasteiger partial charge is 0.393 e. The fourth-order valence-electron chi connectivity index (χ4n) is 14.0. The van der Waals surface area contributed by atoms with Crippen molar-refractivity contribution >= 4 is 68.3 Å². The summed E-state index contributed by atoms with van der Waals surface area (Å²) < 4.78 is 63.2. The molecule has 448 valence electrons. The molecule has 0 aromatic carbocycles. The summed E-state index contributed by atoms with van der Waals surface area (Å²) in [7, 11) is -17.8. The van der Waals surface area contributed by atoms with Gasteiger partial charge in [-0.05, 0) is 91.6 Å². The molecular weight excluding hydrogens is 1110 g/mol. The zero-order valence-corrected chi connectivity index (χ0v) is 49.9. The Bertz CT molecular complexity index is 2700. The quantitative estimate of drug-likeness (QED) is 0.0340. The van der Waals surface area contributed by atoms with Crippen molar-refractivity contribution in [3.8, 4) is 0 Å². The number of anilines is 1. The van der Waals surface area contributed by atoms with Crippen LogP contribution in [0.15, 0.2) is 24.3 Å². The van der Waals surface area contributed by atoms with Gasteiger partial charge in [0.2, 0.25) is 11.8 Å². The largest absolute Gasteiger partial charge is 0.481 e. The van der Waals surface area contributed by atoms with Crippen LogP contribution in [-0.4, -0.2) is 139 Å². The molecule has 2 aromatic rings. The minimum Gasteiger partial charge on any atom is -0.393 e. The Hall–Kier alpha value is -2.74. The first-order valence-electron chi connectivity index (χ1n) is 27.3. The summed E-state index contributed by atoms with van der Waals surface area (Å²) in [6.07, 6.45) is 5.66. The Morgan fingerprint density at radius 2 is 1.68 bits per heavy atom. The predicted octanol–water partition coefficient (Wildman–Crippen LogP) is 5.33. The number of carbonyl (C=O) groups is 3. The number of rotatable bonds is 25. The molecule has 0 spiro atoms. The van der Waals surface area contributed by atoms with Gasteiger partial charge in [-0.3, -0.25) is 32.5 Å². The molecular formula is C50H84N7O18P3S. The Kier molecular flexibility index (Phi) is 20.4. The number of aliphatic hydroxyl groups is 3. The van der Waals surface area contributed by atoms with E-state index in [1.807, 2.05) is 0 Å². The van der Waals surface area contributed by atoms with E-state index in [0.717, 1.165) is 30.1 Å². The molecule has 0 bridgehead atoms. The summed E-state index contributed by atoms with van der Waals surface area (Å²) in [6, 6.07) is 0. The van der Waals surface area contributed by atoms with E-state index in [9.17, 15) is 63.0 Å². The molecule has 1 aliphatic heterocycles. The molecule has 79 heavy (non-hydrogen) atoms. The van der Waals surface area contributed by atoms with Gasteiger partial charge in [0.15, 0.2) is 22.8 Å². The van der Waals surface area contributed by atoms with E-state index in [0.29, 0.717) is 59.5 Å². The van der Waals surface area contributed by atoms with E-state index >= 15 is 0 Å². The Morgan fingerprint density at radius 3 is 2.37 bits per heavy atom. The molecule has 2 aromatic heterocycles. The molecule has 0 radical (unpaired) electrons. The second-order valence-corrected chi connectivity index (χ2v) is 30.9. The van der Waals surface area contributed by atoms with Gasteiger partial charge in [0.25, 0.3) is 0 Å². The number of nitrogen functional groups attached to an aromatic ring is 1. The van der Waals surface area contributed by atoms with Crippen LogP contribution in [0.5, 0.6) is 0 Å². The fourth-order valence-corrected chi connectivity index (χ4v) is 19.7. The first kappa shape index (κ1) is 63.8. The number of nitrogens with one attached hydrogen (secondary N) is 2. The number of phosphoric acid groups is 3. The number of allylic oxidation sites excluding steroid dienone is 1. The number of amides is 2. The highest BCUT2D eigenvalue weighted by molar-refractivity contribution is 8.30. The van der Waals surface area contributed by atoms with Crippen molar-refractivity contribution in [2.75, 3.05) is 37.8 Å². The number of ether oxygens (including phenoxy) is 1. The molecule has 5 aliphatic rings. The highest BCUT2D eigenvalue weighted by atomic mass is 32.2. The van der Waals surface area contributed by atoms with Crippen molar-refractivity contribution in [2.24, 2.45) is 51.8 Å². The van der Waals surface area contributed by atoms with Crippen molar-refractivity contribution in [1.29, 1.82) is 0 Å². The standard InChI is InChI=1S/C50H84N7O18P3S/c1-28(2)10-9-11-29(3)34-14-15-35-33-13-12-31-22-32(59)23-38(50(31,8)36(33)16-18-49(34,35)7)79(30(4)58)21-20-52-39(60)17-19-53-46(63)43(62)48(5,6)25-72-78(69,70)75-77(67,68)71-24-37-42(74-76(64,65)66)41(61)47(73-37)57-27-56-40-44(51)54-26-55-45(40)57/h12,26-29,32-38,41-43,47,59,61-62,79H,9-11,13-25H2,1-8H3,(H,52,60)(H,53,63)(H,67,68)(H,69,70)(H2,51,54,55)(H2,64,65,66)/t29-,32-,33+,34-,35+,36+,37-,38?,41-,42-,43?,47-,49-,50+/m1/s1. The number of aromatic nitrogens is 4. The molecule has 7 rings (SSSR count). The monoisotopic (exact) mass is 1200 g/mol. The molecule has 17 atom stereocenters. The molecule has 11 N–H and O–H groups in total. The van der Waals surface area contributed by atoms with Gasteiger partial charge in [-0.15, -0.1) is 0 Å². The van der Waals surface area contributed by atoms with Gasteiger partial charge >= 0.3 is 23.5 Å². The van der Waals surface area contributed by atoms with Crippen molar-refractivity contribution in [1.82, 2.24) is 30.2 Å². The first-order chi connectivity index (χ1) is 36.8. The summed E-state index contributed by atoms with van der Waals surface area (Å²) in [4.78, 5) is 91.6. The third-order valence-electron chi connectivity index (χ3n) is 17.9. The van der Waals surface area contributed by atoms with E-state index in [-0.39, 0.29) is 52.3 Å². The van der Waals surface area contributed by atoms with Gasteiger partial charge in [-0.25, -0.2) is 28.6 Å². The first-order valence-corrected chi connectivity index (χ1v) is 33.4. The highest BCUT2D eigenvalue weighted by Gasteiger charge is 2.62. The number of hydrogen-bond donors (Lipinski definition) is 11. The van der Waals surface area contributed by atoms with E-state index < -0.39 is 102 Å². The average molecular weight is 1200 g/mol. The number of thiol groups is 1. The molecule has 4 fully saturated rings. The summed E-state index contributed by atoms with van der Waals surface area (Å²) >= 11 is 0. The summed E-state index contributed by atoms with van der Waals surface area (Å²) in [5.74, 6) is 2.68.